The van der Waals surface area contributed by atoms with Crippen molar-refractivity contribution in [2.24, 2.45) is 0 Å². The first-order valence-corrected chi connectivity index (χ1v) is 15.1. The van der Waals surface area contributed by atoms with Crippen molar-refractivity contribution in [2.75, 3.05) is 30.4 Å². The Hall–Kier alpha value is -3.84. The Morgan fingerprint density at radius 1 is 0.952 bits per heavy atom. The highest BCUT2D eigenvalue weighted by atomic mass is 127. The number of benzene rings is 3. The molecule has 1 fully saturated rings. The minimum absolute atomic E-state index is 0.182. The summed E-state index contributed by atoms with van der Waals surface area (Å²) in [7, 11) is 0. The lowest BCUT2D eigenvalue weighted by Gasteiger charge is -2.15. The van der Waals surface area contributed by atoms with Gasteiger partial charge in [0.25, 0.3) is 17.1 Å². The fourth-order valence-electron chi connectivity index (χ4n) is 4.11. The molecule has 0 unspecified atom stereocenters. The summed E-state index contributed by atoms with van der Waals surface area (Å²) >= 11 is 2.92. The normalized spacial score (nSPS) is 13.9. The third kappa shape index (κ3) is 8.13. The molecule has 0 aromatic heterocycles. The van der Waals surface area contributed by atoms with Gasteiger partial charge in [-0.2, -0.15) is 0 Å². The number of ether oxygens (including phenoxy) is 2. The first-order chi connectivity index (χ1) is 20.1. The molecule has 1 aliphatic heterocycles. The van der Waals surface area contributed by atoms with E-state index in [2.05, 4.69) is 47.1 Å². The van der Waals surface area contributed by atoms with Gasteiger partial charge >= 0.3 is 0 Å². The van der Waals surface area contributed by atoms with Crippen molar-refractivity contribution in [3.05, 3.63) is 86.3 Å². The third-order valence-electron chi connectivity index (χ3n) is 6.08. The molecule has 42 heavy (non-hydrogen) atoms. The lowest BCUT2D eigenvalue weighted by atomic mass is 10.0. The van der Waals surface area contributed by atoms with Gasteiger partial charge in [0.2, 0.25) is 5.91 Å². The molecule has 1 aliphatic rings. The SMILES string of the molecule is CCOc1cc(/C=C2/SC(=O)N(CC(=O)Nc3ccc(I)cc3)C2=O)ccc1OCC(=O)Nc1ccccc1C(C)C. The molecule has 0 atom stereocenters. The molecule has 0 saturated carbocycles. The standard InChI is InChI=1S/C31H30IN3O6S/c1-4-40-26-15-20(9-14-25(26)41-18-29(37)34-24-8-6-5-7-23(24)19(2)3)16-27-30(38)35(31(39)42-27)17-28(36)33-22-12-10-21(32)11-13-22/h5-16,19H,4,17-18H2,1-3H3,(H,33,36)(H,34,37)/b27-16+. The van der Waals surface area contributed by atoms with Crippen LogP contribution in [0.4, 0.5) is 16.2 Å². The topological polar surface area (TPSA) is 114 Å². The number of amides is 4. The number of hydrogen-bond acceptors (Lipinski definition) is 7. The molecular weight excluding hydrogens is 669 g/mol. The summed E-state index contributed by atoms with van der Waals surface area (Å²) in [5, 5.41) is 5.06. The van der Waals surface area contributed by atoms with Crippen molar-refractivity contribution in [2.45, 2.75) is 26.7 Å². The van der Waals surface area contributed by atoms with E-state index in [9.17, 15) is 19.2 Å². The van der Waals surface area contributed by atoms with Gasteiger partial charge in [0.05, 0.1) is 11.5 Å². The van der Waals surface area contributed by atoms with Gasteiger partial charge in [0, 0.05) is 14.9 Å². The van der Waals surface area contributed by atoms with Crippen LogP contribution in [-0.4, -0.2) is 47.6 Å². The van der Waals surface area contributed by atoms with Gasteiger partial charge in [-0.1, -0.05) is 38.1 Å². The van der Waals surface area contributed by atoms with Gasteiger partial charge in [-0.25, -0.2) is 0 Å². The van der Waals surface area contributed by atoms with Gasteiger partial charge in [-0.05, 0) is 107 Å². The van der Waals surface area contributed by atoms with E-state index >= 15 is 0 Å². The number of imide groups is 1. The molecule has 9 nitrogen and oxygen atoms in total. The Bertz CT molecular complexity index is 1520. The Kier molecular flexibility index (Phi) is 10.6. The number of nitrogens with one attached hydrogen (secondary N) is 2. The zero-order valence-corrected chi connectivity index (χ0v) is 26.3. The lowest BCUT2D eigenvalue weighted by Crippen LogP contribution is -2.36. The van der Waals surface area contributed by atoms with E-state index in [1.807, 2.05) is 43.3 Å². The number of carbonyl (C=O) groups excluding carboxylic acids is 4. The summed E-state index contributed by atoms with van der Waals surface area (Å²) in [5.74, 6) is -0.346. The molecule has 0 radical (unpaired) electrons. The second kappa shape index (κ2) is 14.4. The highest BCUT2D eigenvalue weighted by molar-refractivity contribution is 14.1. The third-order valence-corrected chi connectivity index (χ3v) is 7.71. The van der Waals surface area contributed by atoms with Crippen LogP contribution in [-0.2, 0) is 14.4 Å². The van der Waals surface area contributed by atoms with E-state index < -0.39 is 23.6 Å². The Labute approximate surface area is 262 Å². The van der Waals surface area contributed by atoms with Crippen LogP contribution in [0.25, 0.3) is 6.08 Å². The molecule has 4 rings (SSSR count). The molecule has 1 saturated heterocycles. The summed E-state index contributed by atoms with van der Waals surface area (Å²) < 4.78 is 12.5. The number of rotatable bonds is 11. The molecule has 2 N–H and O–H groups in total. The van der Waals surface area contributed by atoms with Gasteiger partial charge in [0.1, 0.15) is 6.54 Å². The van der Waals surface area contributed by atoms with Crippen LogP contribution in [0.1, 0.15) is 37.8 Å². The number of para-hydroxylation sites is 1. The predicted molar refractivity (Wildman–Crippen MR) is 173 cm³/mol. The Morgan fingerprint density at radius 2 is 1.69 bits per heavy atom. The first kappa shape index (κ1) is 31.1. The quantitative estimate of drug-likeness (QED) is 0.174. The second-order valence-electron chi connectivity index (χ2n) is 9.54. The van der Waals surface area contributed by atoms with Crippen LogP contribution in [0, 0.1) is 3.57 Å². The van der Waals surface area contributed by atoms with E-state index in [0.717, 1.165) is 31.5 Å². The molecule has 0 spiro atoms. The Balaban J connectivity index is 1.40. The van der Waals surface area contributed by atoms with Gasteiger partial charge in [0.15, 0.2) is 18.1 Å². The fourth-order valence-corrected chi connectivity index (χ4v) is 5.31. The monoisotopic (exact) mass is 699 g/mol. The van der Waals surface area contributed by atoms with E-state index in [4.69, 9.17) is 9.47 Å². The number of anilines is 2. The van der Waals surface area contributed by atoms with Crippen molar-refractivity contribution >= 4 is 74.8 Å². The van der Waals surface area contributed by atoms with Crippen LogP contribution in [0.15, 0.2) is 71.6 Å². The van der Waals surface area contributed by atoms with E-state index in [1.165, 1.54) is 0 Å². The van der Waals surface area contributed by atoms with Gasteiger partial charge in [-0.15, -0.1) is 0 Å². The molecule has 11 heteroatoms. The summed E-state index contributed by atoms with van der Waals surface area (Å²) in [6.45, 7) is 5.66. The van der Waals surface area contributed by atoms with Crippen LogP contribution in [0.2, 0.25) is 0 Å². The second-order valence-corrected chi connectivity index (χ2v) is 11.8. The van der Waals surface area contributed by atoms with Crippen LogP contribution in [0.5, 0.6) is 11.5 Å². The summed E-state index contributed by atoms with van der Waals surface area (Å²) in [4.78, 5) is 51.7. The maximum Gasteiger partial charge on any atom is 0.294 e. The van der Waals surface area contributed by atoms with Crippen molar-refractivity contribution in [3.8, 4) is 11.5 Å². The summed E-state index contributed by atoms with van der Waals surface area (Å²) in [5.41, 5.74) is 2.94. The van der Waals surface area contributed by atoms with E-state index in [1.54, 1.807) is 36.4 Å². The smallest absolute Gasteiger partial charge is 0.294 e. The minimum atomic E-state index is -0.556. The number of thioether (sulfide) groups is 1. The summed E-state index contributed by atoms with van der Waals surface area (Å²) in [6.07, 6.45) is 1.56. The molecule has 3 aromatic carbocycles. The van der Waals surface area contributed by atoms with Crippen LogP contribution >= 0.6 is 34.4 Å². The predicted octanol–water partition coefficient (Wildman–Crippen LogP) is 6.51. The highest BCUT2D eigenvalue weighted by Gasteiger charge is 2.36. The molecule has 0 aliphatic carbocycles. The molecule has 4 amide bonds. The minimum Gasteiger partial charge on any atom is -0.490 e. The molecule has 1 heterocycles. The summed E-state index contributed by atoms with van der Waals surface area (Å²) in [6, 6.07) is 19.8. The van der Waals surface area contributed by atoms with Gasteiger partial charge in [-0.3, -0.25) is 24.1 Å². The van der Waals surface area contributed by atoms with E-state index in [0.29, 0.717) is 29.4 Å². The number of carbonyl (C=O) groups is 4. The zero-order chi connectivity index (χ0) is 30.2. The number of halogens is 1. The van der Waals surface area contributed by atoms with E-state index in [-0.39, 0.29) is 23.3 Å². The van der Waals surface area contributed by atoms with Crippen LogP contribution < -0.4 is 20.1 Å². The molecule has 3 aromatic rings. The largest absolute Gasteiger partial charge is 0.490 e. The lowest BCUT2D eigenvalue weighted by molar-refractivity contribution is -0.127. The van der Waals surface area contributed by atoms with Crippen LogP contribution in [0.3, 0.4) is 0 Å². The maximum atomic E-state index is 13.0. The fraction of sp³-hybridized carbons (Fsp3) is 0.226. The number of nitrogens with zero attached hydrogens (tertiary/aromatic N) is 1. The molecule has 0 bridgehead atoms. The Morgan fingerprint density at radius 3 is 2.40 bits per heavy atom. The highest BCUT2D eigenvalue weighted by Crippen LogP contribution is 2.35. The van der Waals surface area contributed by atoms with Crippen molar-refractivity contribution in [1.29, 1.82) is 0 Å². The first-order valence-electron chi connectivity index (χ1n) is 13.2. The van der Waals surface area contributed by atoms with Gasteiger partial charge < -0.3 is 20.1 Å². The maximum absolute atomic E-state index is 13.0. The van der Waals surface area contributed by atoms with Crippen molar-refractivity contribution in [1.82, 2.24) is 4.90 Å². The van der Waals surface area contributed by atoms with Crippen molar-refractivity contribution < 1.29 is 28.7 Å². The zero-order valence-electron chi connectivity index (χ0n) is 23.3. The van der Waals surface area contributed by atoms with Crippen molar-refractivity contribution in [3.63, 3.8) is 0 Å². The number of hydrogen-bond donors (Lipinski definition) is 2. The average molecular weight is 700 g/mol. The average Bonchev–Trinajstić information content (AvgIpc) is 3.21. The molecular formula is C31H30IN3O6S. The molecule has 218 valence electrons.